The first-order valence-electron chi connectivity index (χ1n) is 6.33. The van der Waals surface area contributed by atoms with Gasteiger partial charge in [0.1, 0.15) is 0 Å². The Labute approximate surface area is 107 Å². The molecule has 1 saturated heterocycles. The van der Waals surface area contributed by atoms with Gasteiger partial charge in [0.25, 0.3) is 0 Å². The molecule has 1 aliphatic heterocycles. The highest BCUT2D eigenvalue weighted by Gasteiger charge is 2.26. The molecule has 0 radical (unpaired) electrons. The number of aryl methyl sites for hydroxylation is 2. The van der Waals surface area contributed by atoms with Crippen molar-refractivity contribution >= 4 is 17.3 Å². The molecule has 1 aliphatic rings. The molecule has 0 aromatic heterocycles. The summed E-state index contributed by atoms with van der Waals surface area (Å²) in [5.74, 6) is -0.984. The fourth-order valence-electron chi connectivity index (χ4n) is 2.49. The van der Waals surface area contributed by atoms with Gasteiger partial charge in [-0.1, -0.05) is 0 Å². The lowest BCUT2D eigenvalue weighted by Gasteiger charge is -2.33. The third-order valence-corrected chi connectivity index (χ3v) is 3.75. The van der Waals surface area contributed by atoms with Crippen molar-refractivity contribution in [3.05, 3.63) is 23.3 Å². The number of aliphatic carboxylic acids is 1. The second kappa shape index (κ2) is 4.88. The number of nitrogens with zero attached hydrogens (tertiary/aromatic N) is 1. The average Bonchev–Trinajstić information content (AvgIpc) is 2.34. The normalized spacial score (nSPS) is 19.9. The van der Waals surface area contributed by atoms with Crippen LogP contribution in [0.1, 0.15) is 24.0 Å². The van der Waals surface area contributed by atoms with Gasteiger partial charge in [-0.25, -0.2) is 0 Å². The maximum Gasteiger partial charge on any atom is 0.308 e. The molecule has 0 bridgehead atoms. The molecule has 1 aromatic carbocycles. The molecule has 0 aliphatic carbocycles. The molecule has 0 saturated carbocycles. The zero-order valence-corrected chi connectivity index (χ0v) is 10.9. The number of benzene rings is 1. The lowest BCUT2D eigenvalue weighted by molar-refractivity contribution is -0.141. The molecular formula is C14H20N2O2. The van der Waals surface area contributed by atoms with Crippen LogP contribution in [0.3, 0.4) is 0 Å². The Bertz CT molecular complexity index is 471. The van der Waals surface area contributed by atoms with Gasteiger partial charge in [0.15, 0.2) is 0 Å². The second-order valence-corrected chi connectivity index (χ2v) is 5.12. The predicted octanol–water partition coefficient (Wildman–Crippen LogP) is 2.19. The van der Waals surface area contributed by atoms with E-state index in [-0.39, 0.29) is 5.92 Å². The van der Waals surface area contributed by atoms with E-state index in [0.717, 1.165) is 30.8 Å². The van der Waals surface area contributed by atoms with E-state index in [4.69, 9.17) is 10.8 Å². The van der Waals surface area contributed by atoms with Gasteiger partial charge in [0, 0.05) is 13.1 Å². The van der Waals surface area contributed by atoms with Crippen LogP contribution >= 0.6 is 0 Å². The SMILES string of the molecule is Cc1cc(N)c(N2CCC[C@@H](C(=O)O)C2)cc1C. The minimum atomic E-state index is -0.706. The van der Waals surface area contributed by atoms with E-state index >= 15 is 0 Å². The standard InChI is InChI=1S/C14H20N2O2/c1-9-6-12(15)13(7-10(9)2)16-5-3-4-11(8-16)14(17)18/h6-7,11H,3-5,8,15H2,1-2H3,(H,17,18)/t11-/m1/s1. The van der Waals surface area contributed by atoms with Crippen LogP contribution in [0.15, 0.2) is 12.1 Å². The summed E-state index contributed by atoms with van der Waals surface area (Å²) in [4.78, 5) is 13.2. The van der Waals surface area contributed by atoms with Gasteiger partial charge >= 0.3 is 5.97 Å². The van der Waals surface area contributed by atoms with Crippen molar-refractivity contribution in [3.8, 4) is 0 Å². The Balaban J connectivity index is 2.26. The summed E-state index contributed by atoms with van der Waals surface area (Å²) in [5, 5.41) is 9.11. The summed E-state index contributed by atoms with van der Waals surface area (Å²) in [7, 11) is 0. The van der Waals surface area contributed by atoms with Gasteiger partial charge in [-0.3, -0.25) is 4.79 Å². The van der Waals surface area contributed by atoms with E-state index in [1.165, 1.54) is 11.1 Å². The molecule has 18 heavy (non-hydrogen) atoms. The number of hydrogen-bond acceptors (Lipinski definition) is 3. The van der Waals surface area contributed by atoms with Gasteiger partial charge in [0.05, 0.1) is 17.3 Å². The van der Waals surface area contributed by atoms with Gasteiger partial charge in [0.2, 0.25) is 0 Å². The van der Waals surface area contributed by atoms with Crippen LogP contribution in [-0.4, -0.2) is 24.2 Å². The van der Waals surface area contributed by atoms with Crippen LogP contribution in [0.5, 0.6) is 0 Å². The summed E-state index contributed by atoms with van der Waals surface area (Å²) in [5.41, 5.74) is 10.1. The highest BCUT2D eigenvalue weighted by Crippen LogP contribution is 2.30. The number of carboxylic acids is 1. The fraction of sp³-hybridized carbons (Fsp3) is 0.500. The van der Waals surface area contributed by atoms with E-state index in [1.807, 2.05) is 13.0 Å². The fourth-order valence-corrected chi connectivity index (χ4v) is 2.49. The van der Waals surface area contributed by atoms with Crippen molar-refractivity contribution in [2.45, 2.75) is 26.7 Å². The predicted molar refractivity (Wildman–Crippen MR) is 72.9 cm³/mol. The van der Waals surface area contributed by atoms with Crippen molar-refractivity contribution in [1.29, 1.82) is 0 Å². The molecule has 1 atom stereocenters. The molecule has 0 spiro atoms. The largest absolute Gasteiger partial charge is 0.481 e. The number of piperidine rings is 1. The Morgan fingerprint density at radius 2 is 2.06 bits per heavy atom. The summed E-state index contributed by atoms with van der Waals surface area (Å²) < 4.78 is 0. The third-order valence-electron chi connectivity index (χ3n) is 3.75. The number of hydrogen-bond donors (Lipinski definition) is 2. The number of nitrogens with two attached hydrogens (primary N) is 1. The lowest BCUT2D eigenvalue weighted by Crippen LogP contribution is -2.39. The maximum absolute atomic E-state index is 11.1. The number of nitrogen functional groups attached to an aromatic ring is 1. The minimum absolute atomic E-state index is 0.278. The zero-order valence-electron chi connectivity index (χ0n) is 10.9. The summed E-state index contributed by atoms with van der Waals surface area (Å²) in [6, 6.07) is 4.03. The molecule has 98 valence electrons. The highest BCUT2D eigenvalue weighted by atomic mass is 16.4. The molecule has 1 aromatic rings. The van der Waals surface area contributed by atoms with Gasteiger partial charge in [-0.05, 0) is 49.9 Å². The highest BCUT2D eigenvalue weighted by molar-refractivity contribution is 5.74. The topological polar surface area (TPSA) is 66.6 Å². The Hall–Kier alpha value is -1.71. The Morgan fingerprint density at radius 1 is 1.39 bits per heavy atom. The first-order chi connectivity index (χ1) is 8.49. The van der Waals surface area contributed by atoms with Gasteiger partial charge in [-0.2, -0.15) is 0 Å². The van der Waals surface area contributed by atoms with Crippen molar-refractivity contribution in [2.24, 2.45) is 5.92 Å². The Morgan fingerprint density at radius 3 is 2.72 bits per heavy atom. The van der Waals surface area contributed by atoms with Crippen molar-refractivity contribution < 1.29 is 9.90 Å². The van der Waals surface area contributed by atoms with Crippen LogP contribution < -0.4 is 10.6 Å². The number of anilines is 2. The van der Waals surface area contributed by atoms with Crippen LogP contribution in [-0.2, 0) is 4.79 Å². The monoisotopic (exact) mass is 248 g/mol. The van der Waals surface area contributed by atoms with Crippen molar-refractivity contribution in [3.63, 3.8) is 0 Å². The first-order valence-corrected chi connectivity index (χ1v) is 6.33. The minimum Gasteiger partial charge on any atom is -0.481 e. The van der Waals surface area contributed by atoms with E-state index in [0.29, 0.717) is 6.54 Å². The van der Waals surface area contributed by atoms with E-state index < -0.39 is 5.97 Å². The van der Waals surface area contributed by atoms with Crippen molar-refractivity contribution in [1.82, 2.24) is 0 Å². The average molecular weight is 248 g/mol. The van der Waals surface area contributed by atoms with Crippen LogP contribution in [0, 0.1) is 19.8 Å². The lowest BCUT2D eigenvalue weighted by atomic mass is 9.97. The molecular weight excluding hydrogens is 228 g/mol. The molecule has 3 N–H and O–H groups in total. The van der Waals surface area contributed by atoms with Crippen molar-refractivity contribution in [2.75, 3.05) is 23.7 Å². The smallest absolute Gasteiger partial charge is 0.308 e. The van der Waals surface area contributed by atoms with Crippen LogP contribution in [0.2, 0.25) is 0 Å². The molecule has 4 nitrogen and oxygen atoms in total. The molecule has 0 amide bonds. The molecule has 4 heteroatoms. The quantitative estimate of drug-likeness (QED) is 0.787. The summed E-state index contributed by atoms with van der Waals surface area (Å²) in [6.07, 6.45) is 1.67. The maximum atomic E-state index is 11.1. The van der Waals surface area contributed by atoms with E-state index in [2.05, 4.69) is 17.9 Å². The van der Waals surface area contributed by atoms with E-state index in [1.54, 1.807) is 0 Å². The van der Waals surface area contributed by atoms with E-state index in [9.17, 15) is 4.79 Å². The second-order valence-electron chi connectivity index (χ2n) is 5.12. The summed E-state index contributed by atoms with van der Waals surface area (Å²) in [6.45, 7) is 5.53. The Kier molecular flexibility index (Phi) is 3.45. The summed E-state index contributed by atoms with van der Waals surface area (Å²) >= 11 is 0. The van der Waals surface area contributed by atoms with Crippen LogP contribution in [0.4, 0.5) is 11.4 Å². The third kappa shape index (κ3) is 2.42. The van der Waals surface area contributed by atoms with Crippen LogP contribution in [0.25, 0.3) is 0 Å². The molecule has 0 unspecified atom stereocenters. The number of carboxylic acid groups (broad SMARTS) is 1. The van der Waals surface area contributed by atoms with Gasteiger partial charge in [-0.15, -0.1) is 0 Å². The zero-order chi connectivity index (χ0) is 13.3. The molecule has 2 rings (SSSR count). The molecule has 1 fully saturated rings. The number of carbonyl (C=O) groups is 1. The first kappa shape index (κ1) is 12.7. The van der Waals surface area contributed by atoms with Gasteiger partial charge < -0.3 is 15.7 Å². The molecule has 1 heterocycles. The number of rotatable bonds is 2.